The molecule has 4 rings (SSSR count). The standard InChI is InChI=1S/C20H12N2O4/c23-19(24)14-5-1-4-13(16(14)20(25)26)15-9-8-12-7-6-11-3-2-10-21-17(11)18(12)22-15/h1-10H,(H,23,24)(H,25,26). The molecule has 0 atom stereocenters. The Morgan fingerprint density at radius 2 is 1.50 bits per heavy atom. The molecule has 0 fully saturated rings. The van der Waals surface area contributed by atoms with Gasteiger partial charge in [-0.05, 0) is 18.2 Å². The van der Waals surface area contributed by atoms with Crippen molar-refractivity contribution in [2.24, 2.45) is 0 Å². The number of aromatic nitrogens is 2. The average molecular weight is 344 g/mol. The lowest BCUT2D eigenvalue weighted by Crippen LogP contribution is -2.10. The van der Waals surface area contributed by atoms with E-state index in [0.717, 1.165) is 10.8 Å². The second-order valence-electron chi connectivity index (χ2n) is 5.75. The lowest BCUT2D eigenvalue weighted by Gasteiger charge is -2.10. The fourth-order valence-corrected chi connectivity index (χ4v) is 3.05. The molecule has 0 saturated carbocycles. The molecule has 0 bridgehead atoms. The molecule has 6 heteroatoms. The van der Waals surface area contributed by atoms with Gasteiger partial charge in [0, 0.05) is 22.5 Å². The van der Waals surface area contributed by atoms with Gasteiger partial charge >= 0.3 is 11.9 Å². The van der Waals surface area contributed by atoms with Gasteiger partial charge in [0.15, 0.2) is 0 Å². The number of carbonyl (C=O) groups is 2. The van der Waals surface area contributed by atoms with Gasteiger partial charge < -0.3 is 10.2 Å². The summed E-state index contributed by atoms with van der Waals surface area (Å²) in [5, 5.41) is 20.6. The number of carboxylic acids is 2. The molecule has 0 aliphatic carbocycles. The molecule has 4 aromatic rings. The van der Waals surface area contributed by atoms with E-state index in [4.69, 9.17) is 0 Å². The van der Waals surface area contributed by atoms with E-state index in [2.05, 4.69) is 9.97 Å². The van der Waals surface area contributed by atoms with Gasteiger partial charge in [-0.15, -0.1) is 0 Å². The molecule has 2 aromatic carbocycles. The minimum Gasteiger partial charge on any atom is -0.478 e. The number of nitrogens with zero attached hydrogens (tertiary/aromatic N) is 2. The third-order valence-electron chi connectivity index (χ3n) is 4.22. The minimum atomic E-state index is -1.31. The highest BCUT2D eigenvalue weighted by molar-refractivity contribution is 6.07. The van der Waals surface area contributed by atoms with Crippen LogP contribution in [0.1, 0.15) is 20.7 Å². The Morgan fingerprint density at radius 1 is 0.769 bits per heavy atom. The minimum absolute atomic E-state index is 0.257. The second-order valence-corrected chi connectivity index (χ2v) is 5.75. The van der Waals surface area contributed by atoms with E-state index in [0.29, 0.717) is 16.7 Å². The average Bonchev–Trinajstić information content (AvgIpc) is 2.66. The summed E-state index contributed by atoms with van der Waals surface area (Å²) in [4.78, 5) is 32.1. The van der Waals surface area contributed by atoms with Gasteiger partial charge in [0.2, 0.25) is 0 Å². The summed E-state index contributed by atoms with van der Waals surface area (Å²) in [7, 11) is 0. The van der Waals surface area contributed by atoms with E-state index in [-0.39, 0.29) is 16.7 Å². The van der Waals surface area contributed by atoms with Crippen LogP contribution >= 0.6 is 0 Å². The summed E-state index contributed by atoms with van der Waals surface area (Å²) >= 11 is 0. The van der Waals surface area contributed by atoms with Crippen molar-refractivity contribution in [3.8, 4) is 11.3 Å². The molecule has 6 nitrogen and oxygen atoms in total. The summed E-state index contributed by atoms with van der Waals surface area (Å²) in [6, 6.07) is 15.5. The predicted molar refractivity (Wildman–Crippen MR) is 96.4 cm³/mol. The molecule has 2 aromatic heterocycles. The predicted octanol–water partition coefficient (Wildman–Crippen LogP) is 3.85. The molecule has 0 radical (unpaired) electrons. The van der Waals surface area contributed by atoms with Crippen LogP contribution in [0.5, 0.6) is 0 Å². The summed E-state index contributed by atoms with van der Waals surface area (Å²) in [5.74, 6) is -2.60. The van der Waals surface area contributed by atoms with Crippen LogP contribution in [0.25, 0.3) is 33.1 Å². The highest BCUT2D eigenvalue weighted by Crippen LogP contribution is 2.29. The number of carboxylic acid groups (broad SMARTS) is 2. The first kappa shape index (κ1) is 15.7. The van der Waals surface area contributed by atoms with Gasteiger partial charge in [-0.3, -0.25) is 4.98 Å². The van der Waals surface area contributed by atoms with Gasteiger partial charge in [0.05, 0.1) is 27.9 Å². The van der Waals surface area contributed by atoms with E-state index in [1.807, 2.05) is 30.3 Å². The number of hydrogen-bond acceptors (Lipinski definition) is 4. The topological polar surface area (TPSA) is 100 Å². The molecule has 2 N–H and O–H groups in total. The van der Waals surface area contributed by atoms with Crippen LogP contribution in [0.3, 0.4) is 0 Å². The second kappa shape index (κ2) is 5.93. The maximum atomic E-state index is 11.7. The molecule has 0 aliphatic rings. The fraction of sp³-hybridized carbons (Fsp3) is 0. The van der Waals surface area contributed by atoms with Crippen LogP contribution in [0, 0.1) is 0 Å². The zero-order valence-electron chi connectivity index (χ0n) is 13.4. The van der Waals surface area contributed by atoms with E-state index >= 15 is 0 Å². The first-order chi connectivity index (χ1) is 12.6. The van der Waals surface area contributed by atoms with Gasteiger partial charge in [-0.25, -0.2) is 14.6 Å². The van der Waals surface area contributed by atoms with Gasteiger partial charge in [0.1, 0.15) is 0 Å². The fourth-order valence-electron chi connectivity index (χ4n) is 3.05. The number of rotatable bonds is 3. The van der Waals surface area contributed by atoms with Gasteiger partial charge in [-0.1, -0.05) is 36.4 Å². The number of fused-ring (bicyclic) bond motifs is 3. The van der Waals surface area contributed by atoms with Crippen molar-refractivity contribution in [3.63, 3.8) is 0 Å². The normalized spacial score (nSPS) is 10.9. The Balaban J connectivity index is 2.04. The lowest BCUT2D eigenvalue weighted by atomic mass is 9.97. The number of aromatic carboxylic acids is 2. The van der Waals surface area contributed by atoms with Crippen molar-refractivity contribution in [1.82, 2.24) is 9.97 Å². The van der Waals surface area contributed by atoms with Crippen LogP contribution in [0.4, 0.5) is 0 Å². The largest absolute Gasteiger partial charge is 0.478 e. The van der Waals surface area contributed by atoms with Gasteiger partial charge in [0.25, 0.3) is 0 Å². The highest BCUT2D eigenvalue weighted by Gasteiger charge is 2.21. The van der Waals surface area contributed by atoms with Crippen molar-refractivity contribution >= 4 is 33.7 Å². The van der Waals surface area contributed by atoms with Crippen LogP contribution in [0.15, 0.2) is 60.8 Å². The van der Waals surface area contributed by atoms with E-state index in [1.165, 1.54) is 12.1 Å². The third-order valence-corrected chi connectivity index (χ3v) is 4.22. The monoisotopic (exact) mass is 344 g/mol. The van der Waals surface area contributed by atoms with Crippen LogP contribution in [-0.2, 0) is 0 Å². The van der Waals surface area contributed by atoms with Crippen molar-refractivity contribution in [3.05, 3.63) is 71.9 Å². The van der Waals surface area contributed by atoms with Crippen molar-refractivity contribution in [2.75, 3.05) is 0 Å². The molecular formula is C20H12N2O4. The Morgan fingerprint density at radius 3 is 2.23 bits per heavy atom. The SMILES string of the molecule is O=C(O)c1cccc(-c2ccc3ccc4cccnc4c3n2)c1C(=O)O. The number of pyridine rings is 2. The molecular weight excluding hydrogens is 332 g/mol. The number of benzene rings is 2. The zero-order valence-corrected chi connectivity index (χ0v) is 13.4. The Hall–Kier alpha value is -3.80. The molecule has 0 unspecified atom stereocenters. The lowest BCUT2D eigenvalue weighted by molar-refractivity contribution is 0.0652. The smallest absolute Gasteiger partial charge is 0.337 e. The number of hydrogen-bond donors (Lipinski definition) is 2. The highest BCUT2D eigenvalue weighted by atomic mass is 16.4. The van der Waals surface area contributed by atoms with Gasteiger partial charge in [-0.2, -0.15) is 0 Å². The molecule has 126 valence electrons. The first-order valence-electron chi connectivity index (χ1n) is 7.81. The quantitative estimate of drug-likeness (QED) is 0.548. The van der Waals surface area contributed by atoms with Crippen molar-refractivity contribution < 1.29 is 19.8 Å². The molecule has 0 saturated heterocycles. The van der Waals surface area contributed by atoms with Crippen LogP contribution in [-0.4, -0.2) is 32.1 Å². The van der Waals surface area contributed by atoms with Crippen molar-refractivity contribution in [2.45, 2.75) is 0 Å². The molecule has 0 aliphatic heterocycles. The maximum Gasteiger partial charge on any atom is 0.337 e. The summed E-state index contributed by atoms with van der Waals surface area (Å²) < 4.78 is 0. The summed E-state index contributed by atoms with van der Waals surface area (Å²) in [6.45, 7) is 0. The Labute approximate surface area is 147 Å². The van der Waals surface area contributed by atoms with E-state index < -0.39 is 11.9 Å². The maximum absolute atomic E-state index is 11.7. The summed E-state index contributed by atoms with van der Waals surface area (Å²) in [5.41, 5.74) is 1.44. The molecule has 2 heterocycles. The van der Waals surface area contributed by atoms with Crippen LogP contribution < -0.4 is 0 Å². The molecule has 26 heavy (non-hydrogen) atoms. The van der Waals surface area contributed by atoms with E-state index in [9.17, 15) is 19.8 Å². The Kier molecular flexibility index (Phi) is 3.58. The van der Waals surface area contributed by atoms with Crippen LogP contribution in [0.2, 0.25) is 0 Å². The van der Waals surface area contributed by atoms with E-state index in [1.54, 1.807) is 18.3 Å². The molecule has 0 amide bonds. The third kappa shape index (κ3) is 2.44. The first-order valence-corrected chi connectivity index (χ1v) is 7.81. The van der Waals surface area contributed by atoms with Crippen molar-refractivity contribution in [1.29, 1.82) is 0 Å². The molecule has 0 spiro atoms. The summed E-state index contributed by atoms with van der Waals surface area (Å²) in [6.07, 6.45) is 1.67. The Bertz CT molecular complexity index is 1200. The zero-order chi connectivity index (χ0) is 18.3.